The van der Waals surface area contributed by atoms with Gasteiger partial charge < -0.3 is 19.9 Å². The second-order valence-electron chi connectivity index (χ2n) is 9.09. The molecule has 4 atom stereocenters. The number of methoxy groups -OCH3 is 1. The third-order valence-electron chi connectivity index (χ3n) is 7.21. The predicted molar refractivity (Wildman–Crippen MR) is 121 cm³/mol. The van der Waals surface area contributed by atoms with Gasteiger partial charge in [0.05, 0.1) is 29.1 Å². The van der Waals surface area contributed by atoms with Crippen molar-refractivity contribution < 1.29 is 13.9 Å². The number of amides is 1. The highest BCUT2D eigenvalue weighted by atomic mass is 19.1. The van der Waals surface area contributed by atoms with Crippen LogP contribution in [0.2, 0.25) is 0 Å². The number of nitrogens with zero attached hydrogens (tertiary/aromatic N) is 3. The van der Waals surface area contributed by atoms with Crippen LogP contribution >= 0.6 is 0 Å². The number of nitrogens with two attached hydrogens (primary N) is 1. The summed E-state index contributed by atoms with van der Waals surface area (Å²) < 4.78 is 21.8. The summed E-state index contributed by atoms with van der Waals surface area (Å²) in [6, 6.07) is 13.0. The van der Waals surface area contributed by atoms with Crippen molar-refractivity contribution in [2.24, 2.45) is 11.7 Å². The zero-order valence-electron chi connectivity index (χ0n) is 18.5. The van der Waals surface area contributed by atoms with Gasteiger partial charge in [-0.3, -0.25) is 4.79 Å². The van der Waals surface area contributed by atoms with Gasteiger partial charge >= 0.3 is 0 Å². The first-order chi connectivity index (χ1) is 15.5. The number of fused-ring (bicyclic) bond motifs is 2. The average Bonchev–Trinajstić information content (AvgIpc) is 3.29. The maximum absolute atomic E-state index is 13.7. The number of carbonyl (C=O) groups excluding carboxylic acids is 1. The fourth-order valence-corrected chi connectivity index (χ4v) is 5.84. The first-order valence-corrected chi connectivity index (χ1v) is 11.2. The van der Waals surface area contributed by atoms with E-state index in [1.165, 1.54) is 17.7 Å². The van der Waals surface area contributed by atoms with E-state index in [0.29, 0.717) is 5.52 Å². The molecule has 2 aromatic carbocycles. The van der Waals surface area contributed by atoms with Gasteiger partial charge in [-0.25, -0.2) is 9.37 Å². The Hall–Kier alpha value is -2.77. The van der Waals surface area contributed by atoms with Crippen LogP contribution in [-0.2, 0) is 16.0 Å². The molecule has 0 saturated carbocycles. The Morgan fingerprint density at radius 1 is 1.28 bits per heavy atom. The Bertz CT molecular complexity index is 1160. The SMILES string of the molecule is CO[C@@H]1CN(CC2Cc3ccccc3[C@@H]2C(N)=O)CC[C@H]1n1c(C)nc2cc(F)ccc21. The van der Waals surface area contributed by atoms with Crippen LogP contribution in [0, 0.1) is 18.7 Å². The summed E-state index contributed by atoms with van der Waals surface area (Å²) in [5.74, 6) is 0.288. The zero-order chi connectivity index (χ0) is 22.4. The van der Waals surface area contributed by atoms with Gasteiger partial charge in [-0.05, 0) is 48.9 Å². The summed E-state index contributed by atoms with van der Waals surface area (Å²) in [7, 11) is 1.74. The molecule has 1 saturated heterocycles. The highest BCUT2D eigenvalue weighted by Crippen LogP contribution is 2.39. The molecule has 6 nitrogen and oxygen atoms in total. The molecule has 2 aliphatic rings. The molecule has 0 bridgehead atoms. The molecule has 7 heteroatoms. The molecule has 5 rings (SSSR count). The molecular formula is C25H29FN4O2. The van der Waals surface area contributed by atoms with E-state index in [-0.39, 0.29) is 35.7 Å². The average molecular weight is 437 g/mol. The van der Waals surface area contributed by atoms with Gasteiger partial charge in [-0.1, -0.05) is 24.3 Å². The van der Waals surface area contributed by atoms with Gasteiger partial charge in [0, 0.05) is 32.8 Å². The van der Waals surface area contributed by atoms with E-state index < -0.39 is 0 Å². The van der Waals surface area contributed by atoms with Gasteiger partial charge in [0.2, 0.25) is 5.91 Å². The maximum Gasteiger partial charge on any atom is 0.225 e. The number of halogens is 1. The molecule has 0 radical (unpaired) electrons. The molecule has 1 fully saturated rings. The quantitative estimate of drug-likeness (QED) is 0.667. The lowest BCUT2D eigenvalue weighted by molar-refractivity contribution is -0.120. The maximum atomic E-state index is 13.7. The Labute approximate surface area is 187 Å². The molecule has 3 aromatic rings. The van der Waals surface area contributed by atoms with Gasteiger partial charge in [0.25, 0.3) is 0 Å². The number of carbonyl (C=O) groups is 1. The molecule has 1 aliphatic heterocycles. The van der Waals surface area contributed by atoms with E-state index in [0.717, 1.165) is 49.4 Å². The number of hydrogen-bond acceptors (Lipinski definition) is 4. The summed E-state index contributed by atoms with van der Waals surface area (Å²) in [5, 5.41) is 0. The van der Waals surface area contributed by atoms with Crippen molar-refractivity contribution in [2.45, 2.75) is 37.8 Å². The van der Waals surface area contributed by atoms with E-state index in [1.807, 2.05) is 25.1 Å². The second kappa shape index (κ2) is 8.30. The minimum absolute atomic E-state index is 0.0271. The van der Waals surface area contributed by atoms with Crippen LogP contribution in [0.1, 0.15) is 35.3 Å². The normalized spacial score (nSPS) is 25.8. The topological polar surface area (TPSA) is 73.4 Å². The molecule has 1 amide bonds. The van der Waals surface area contributed by atoms with Crippen LogP contribution in [0.5, 0.6) is 0 Å². The monoisotopic (exact) mass is 436 g/mol. The van der Waals surface area contributed by atoms with Crippen LogP contribution in [0.3, 0.4) is 0 Å². The number of piperidine rings is 1. The molecule has 2 N–H and O–H groups in total. The summed E-state index contributed by atoms with van der Waals surface area (Å²) in [6.45, 7) is 4.43. The number of aromatic nitrogens is 2. The predicted octanol–water partition coefficient (Wildman–Crippen LogP) is 3.19. The van der Waals surface area contributed by atoms with E-state index in [2.05, 4.69) is 20.5 Å². The molecule has 168 valence electrons. The number of likely N-dealkylation sites (tertiary alicyclic amines) is 1. The minimum atomic E-state index is -0.276. The van der Waals surface area contributed by atoms with E-state index in [9.17, 15) is 9.18 Å². The van der Waals surface area contributed by atoms with Crippen molar-refractivity contribution in [3.8, 4) is 0 Å². The van der Waals surface area contributed by atoms with Crippen LogP contribution in [0.15, 0.2) is 42.5 Å². The summed E-state index contributed by atoms with van der Waals surface area (Å²) in [6.07, 6.45) is 1.74. The van der Waals surface area contributed by atoms with Crippen LogP contribution in [0.25, 0.3) is 11.0 Å². The lowest BCUT2D eigenvalue weighted by Gasteiger charge is -2.40. The highest BCUT2D eigenvalue weighted by Gasteiger charge is 2.39. The van der Waals surface area contributed by atoms with Crippen LogP contribution < -0.4 is 5.73 Å². The summed E-state index contributed by atoms with van der Waals surface area (Å²) in [4.78, 5) is 19.2. The smallest absolute Gasteiger partial charge is 0.225 e. The fraction of sp³-hybridized carbons (Fsp3) is 0.440. The molecule has 32 heavy (non-hydrogen) atoms. The molecule has 2 heterocycles. The van der Waals surface area contributed by atoms with Gasteiger partial charge in [-0.2, -0.15) is 0 Å². The third kappa shape index (κ3) is 3.59. The number of rotatable bonds is 5. The number of benzene rings is 2. The van der Waals surface area contributed by atoms with Gasteiger partial charge in [-0.15, -0.1) is 0 Å². The molecule has 1 aromatic heterocycles. The Morgan fingerprint density at radius 3 is 2.88 bits per heavy atom. The minimum Gasteiger partial charge on any atom is -0.378 e. The van der Waals surface area contributed by atoms with E-state index in [1.54, 1.807) is 13.2 Å². The number of ether oxygens (including phenoxy) is 1. The molecular weight excluding hydrogens is 407 g/mol. The first kappa shape index (κ1) is 21.1. The van der Waals surface area contributed by atoms with Crippen LogP contribution in [-0.4, -0.2) is 53.2 Å². The van der Waals surface area contributed by atoms with Crippen molar-refractivity contribution in [3.05, 3.63) is 65.2 Å². The molecule has 1 aliphatic carbocycles. The largest absolute Gasteiger partial charge is 0.378 e. The van der Waals surface area contributed by atoms with E-state index >= 15 is 0 Å². The lowest BCUT2D eigenvalue weighted by atomic mass is 9.90. The Balaban J connectivity index is 1.35. The van der Waals surface area contributed by atoms with Crippen molar-refractivity contribution >= 4 is 16.9 Å². The number of hydrogen-bond donors (Lipinski definition) is 1. The Kier molecular flexibility index (Phi) is 5.47. The fourth-order valence-electron chi connectivity index (χ4n) is 5.84. The lowest BCUT2D eigenvalue weighted by Crippen LogP contribution is -2.48. The van der Waals surface area contributed by atoms with Crippen molar-refractivity contribution in [3.63, 3.8) is 0 Å². The Morgan fingerprint density at radius 2 is 2.09 bits per heavy atom. The summed E-state index contributed by atoms with van der Waals surface area (Å²) in [5.41, 5.74) is 9.73. The highest BCUT2D eigenvalue weighted by molar-refractivity contribution is 5.83. The molecule has 0 spiro atoms. The van der Waals surface area contributed by atoms with Gasteiger partial charge in [0.1, 0.15) is 11.6 Å². The van der Waals surface area contributed by atoms with Crippen molar-refractivity contribution in [1.29, 1.82) is 0 Å². The van der Waals surface area contributed by atoms with E-state index in [4.69, 9.17) is 10.5 Å². The van der Waals surface area contributed by atoms with Crippen molar-refractivity contribution in [1.82, 2.24) is 14.5 Å². The zero-order valence-corrected chi connectivity index (χ0v) is 18.5. The first-order valence-electron chi connectivity index (χ1n) is 11.2. The van der Waals surface area contributed by atoms with Crippen molar-refractivity contribution in [2.75, 3.05) is 26.7 Å². The second-order valence-corrected chi connectivity index (χ2v) is 9.09. The van der Waals surface area contributed by atoms with Gasteiger partial charge in [0.15, 0.2) is 0 Å². The standard InChI is InChI=1S/C25H29FN4O2/c1-15-28-20-12-18(26)7-8-21(20)30(15)22-9-10-29(14-23(22)32-2)13-17-11-16-5-3-4-6-19(16)24(17)25(27)31/h3-8,12,17,22-24H,9-11,13-14H2,1-2H3,(H2,27,31)/t17?,22-,23-,24-/m1/s1. The number of imidazole rings is 1. The molecule has 1 unspecified atom stereocenters. The number of primary amides is 1. The van der Waals surface area contributed by atoms with Crippen LogP contribution in [0.4, 0.5) is 4.39 Å². The number of aryl methyl sites for hydroxylation is 1. The summed E-state index contributed by atoms with van der Waals surface area (Å²) >= 11 is 0. The third-order valence-corrected chi connectivity index (χ3v) is 7.21.